The Morgan fingerprint density at radius 3 is 1.03 bits per heavy atom. The lowest BCUT2D eigenvalue weighted by atomic mass is 9.93. The normalized spacial score (nSPS) is 13.0. The first-order valence-corrected chi connectivity index (χ1v) is 34.7. The minimum absolute atomic E-state index is 0.0485. The zero-order valence-corrected chi connectivity index (χ0v) is 61.6. The molecular weight excluding hydrogens is 1550 g/mol. The van der Waals surface area contributed by atoms with Gasteiger partial charge in [0.25, 0.3) is 0 Å². The number of alkyl carbamates (subject to hydrolysis) is 2. The van der Waals surface area contributed by atoms with E-state index in [2.05, 4.69) is 53.2 Å². The molecule has 0 aliphatic carbocycles. The van der Waals surface area contributed by atoms with Gasteiger partial charge in [-0.2, -0.15) is 13.2 Å². The van der Waals surface area contributed by atoms with E-state index in [1.807, 2.05) is 0 Å². The molecule has 17 N–H and O–H groups in total. The summed E-state index contributed by atoms with van der Waals surface area (Å²) in [6.07, 6.45) is -14.7. The van der Waals surface area contributed by atoms with Gasteiger partial charge in [-0.15, -0.1) is 0 Å². The predicted molar refractivity (Wildman–Crippen MR) is 390 cm³/mol. The van der Waals surface area contributed by atoms with Crippen molar-refractivity contribution in [3.63, 3.8) is 0 Å². The van der Waals surface area contributed by atoms with E-state index >= 15 is 0 Å². The Balaban J connectivity index is 0.00000327. The van der Waals surface area contributed by atoms with Crippen LogP contribution in [0.2, 0.25) is 0 Å². The molecule has 0 saturated carbocycles. The second-order valence-corrected chi connectivity index (χ2v) is 26.0. The molecule has 1 aromatic heterocycles. The average Bonchev–Trinajstić information content (AvgIpc) is 0.746. The van der Waals surface area contributed by atoms with Gasteiger partial charge in [-0.3, -0.25) is 67.1 Å². The van der Waals surface area contributed by atoms with Crippen LogP contribution >= 0.6 is 0 Å². The summed E-state index contributed by atoms with van der Waals surface area (Å²) < 4.78 is 48.3. The van der Waals surface area contributed by atoms with Crippen LogP contribution in [0, 0.1) is 11.8 Å². The average molecular weight is 1630 g/mol. The van der Waals surface area contributed by atoms with Crippen LogP contribution in [0.1, 0.15) is 101 Å². The quantitative estimate of drug-likeness (QED) is 0.0194. The van der Waals surface area contributed by atoms with Crippen molar-refractivity contribution < 1.29 is 154 Å². The molecule has 42 heteroatoms. The largest absolute Gasteiger partial charge is 0.545 e. The van der Waals surface area contributed by atoms with Crippen molar-refractivity contribution in [1.82, 2.24) is 42.5 Å². The molecule has 1 heterocycles. The second-order valence-electron chi connectivity index (χ2n) is 26.0. The third-order valence-electron chi connectivity index (χ3n) is 16.4. The number of carbonyl (C=O) groups is 18. The first kappa shape index (κ1) is 92.2. The molecule has 0 spiro atoms. The summed E-state index contributed by atoms with van der Waals surface area (Å²) in [5.41, 5.74) is 0.343. The highest BCUT2D eigenvalue weighted by molar-refractivity contribution is 6.14. The number of carbonyl (C=O) groups excluding carboxylic acids is 11. The molecule has 0 bridgehead atoms. The summed E-state index contributed by atoms with van der Waals surface area (Å²) in [5.74, 6) is -25.2. The maximum absolute atomic E-state index is 14.2. The lowest BCUT2D eigenvalue weighted by Crippen LogP contribution is -2.59. The van der Waals surface area contributed by atoms with Gasteiger partial charge in [-0.1, -0.05) is 113 Å². The van der Waals surface area contributed by atoms with E-state index < -0.39 is 225 Å². The van der Waals surface area contributed by atoms with E-state index in [1.165, 1.54) is 88.4 Å². The van der Waals surface area contributed by atoms with E-state index in [0.29, 0.717) is 11.1 Å². The highest BCUT2D eigenvalue weighted by Gasteiger charge is 2.40. The third-order valence-corrected chi connectivity index (χ3v) is 16.4. The van der Waals surface area contributed by atoms with Gasteiger partial charge >= 0.3 is 71.3 Å². The number of halogens is 3. The zero-order chi connectivity index (χ0) is 86.4. The van der Waals surface area contributed by atoms with Crippen LogP contribution in [0.15, 0.2) is 126 Å². The van der Waals surface area contributed by atoms with E-state index in [1.54, 1.807) is 60.7 Å². The lowest BCUT2D eigenvalue weighted by Gasteiger charge is -2.27. The second kappa shape index (κ2) is 43.4. The number of benzene rings is 5. The maximum atomic E-state index is 14.2. The van der Waals surface area contributed by atoms with Crippen LogP contribution in [-0.2, 0) is 94.6 Å². The number of aromatic carboxylic acids is 1. The summed E-state index contributed by atoms with van der Waals surface area (Å²) in [4.78, 5) is 230. The summed E-state index contributed by atoms with van der Waals surface area (Å²) >= 11 is 0. The highest BCUT2D eigenvalue weighted by Crippen LogP contribution is 2.40. The summed E-state index contributed by atoms with van der Waals surface area (Å²) in [6.45, 7) is 5.09. The first-order chi connectivity index (χ1) is 54.5. The van der Waals surface area contributed by atoms with E-state index in [-0.39, 0.29) is 63.2 Å². The molecule has 0 aliphatic heterocycles. The van der Waals surface area contributed by atoms with Crippen LogP contribution in [0.5, 0.6) is 0 Å². The van der Waals surface area contributed by atoms with Crippen molar-refractivity contribution in [3.05, 3.63) is 138 Å². The number of anilines is 2. The smallest absolute Gasteiger partial charge is 0.490 e. The van der Waals surface area contributed by atoms with Gasteiger partial charge in [0.05, 0.1) is 65.9 Å². The summed E-state index contributed by atoms with van der Waals surface area (Å²) in [5, 5.41) is 101. The number of carboxylic acid groups (broad SMARTS) is 8. The molecule has 620 valence electrons. The Kier molecular flexibility index (Phi) is 34.5. The van der Waals surface area contributed by atoms with Crippen molar-refractivity contribution in [2.75, 3.05) is 10.6 Å². The molecule has 0 unspecified atom stereocenters. The number of hydrogen-bond acceptors (Lipinski definition) is 21. The van der Waals surface area contributed by atoms with Crippen molar-refractivity contribution in [2.24, 2.45) is 11.8 Å². The van der Waals surface area contributed by atoms with Gasteiger partial charge in [-0.25, -0.2) is 18.8 Å². The minimum Gasteiger partial charge on any atom is -0.545 e. The van der Waals surface area contributed by atoms with Crippen molar-refractivity contribution in [3.8, 4) is 11.1 Å². The number of aliphatic carboxylic acids is 7. The van der Waals surface area contributed by atoms with E-state index in [0.717, 1.165) is 0 Å². The van der Waals surface area contributed by atoms with Crippen LogP contribution < -0.4 is 58.3 Å². The first-order valence-electron chi connectivity index (χ1n) is 34.7. The van der Waals surface area contributed by atoms with Crippen molar-refractivity contribution in [2.45, 2.75) is 147 Å². The zero-order valence-electron chi connectivity index (χ0n) is 61.6. The number of nitrogens with one attached hydrogen (secondary N) is 10. The predicted octanol–water partition coefficient (Wildman–Crippen LogP) is 2.85. The summed E-state index contributed by atoms with van der Waals surface area (Å²) in [6, 6.07) is 15.1. The Morgan fingerprint density at radius 1 is 0.397 bits per heavy atom. The SMILES string of the molecule is CC(C)[C@H](NC(=O)[C@H](CCC(=O)O)NC(=O)[C@H](CC(=O)O)NC(=O)OCc1ccccc1)C(=O)N[C@@H](CC(=O)O)C(=O)Nc1ccc2c(-c3ccccc3C(=O)[O-])c3ccc(NC(=O)[C@@H](CC(=O)O)NC(=O)[C@H](NC(=O)[C@@H](CCC(=O)O)NC(=O)[C@@H](CC(=O)O)NC(=O)OCc4ccccc4)C(C)C)cc3[o+]c2c1.O=C(O)C(F)(F)F. The lowest BCUT2D eigenvalue weighted by molar-refractivity contribution is -0.255. The van der Waals surface area contributed by atoms with Crippen molar-refractivity contribution in [1.29, 1.82) is 0 Å². The molecule has 8 atom stereocenters. The molecule has 0 aliphatic rings. The molecule has 0 saturated heterocycles. The topological polar surface area (TPSA) is 622 Å². The Hall–Kier alpha value is -14.4. The molecule has 0 fully saturated rings. The Bertz CT molecular complexity index is 4440. The Labute approximate surface area is 653 Å². The number of rotatable bonds is 40. The standard InChI is InChI=1S/C72H78N10O27.C2HF3O2/c1-35(2)60(81-62(95)45(23-25-53(83)84)75-66(99)49(31-57(91)92)79-71(105)107-33-37-13-7-5-8-14-37)68(101)77-47(29-55(87)88)64(97)73-39-19-21-43-51(27-39)109-52-28-40(20-22-44(52)59(43)41-17-11-12-18-42(41)70(103)104)74-65(98)48(30-56(89)90)78-69(102)61(36(3)4)82-63(96)46(24-26-54(85)86)76-67(100)50(32-58(93)94)80-72(106)108-34-38-15-9-6-10-16-38;3-2(4,5)1(6)7/h5-22,27-28,35-36,45-50,60-61H,23-26,29-34H2,1-4H3,(H16-,73,74,75,76,77,78,79,80,81,82,83,84,85,86,87,88,89,90,91,92,93,94,95,96,97,98,99,100,101,102,103,104,105,106);(H,6,7)/t45-,46+,47-,48+,49-,50+,60-,61+;. The van der Waals surface area contributed by atoms with Gasteiger partial charge in [0.1, 0.15) is 61.5 Å². The molecule has 0 radical (unpaired) electrons. The van der Waals surface area contributed by atoms with Gasteiger partial charge < -0.3 is 108 Å². The number of hydrogen-bond donors (Lipinski definition) is 17. The fourth-order valence-electron chi connectivity index (χ4n) is 10.7. The molecule has 6 aromatic rings. The van der Waals surface area contributed by atoms with Gasteiger partial charge in [-0.05, 0) is 65.6 Å². The molecule has 6 rings (SSSR count). The highest BCUT2D eigenvalue weighted by atomic mass is 19.4. The number of fused-ring (bicyclic) bond motifs is 2. The van der Waals surface area contributed by atoms with E-state index in [4.69, 9.17) is 23.8 Å². The fraction of sp³-hybridized carbons (Fsp3) is 0.338. The maximum Gasteiger partial charge on any atom is 0.490 e. The molecule has 5 aromatic carbocycles. The monoisotopic (exact) mass is 1630 g/mol. The number of carboxylic acids is 8. The van der Waals surface area contributed by atoms with Gasteiger partial charge in [0.15, 0.2) is 0 Å². The molecule has 10 amide bonds. The Morgan fingerprint density at radius 2 is 0.716 bits per heavy atom. The van der Waals surface area contributed by atoms with Gasteiger partial charge in [0, 0.05) is 24.0 Å². The van der Waals surface area contributed by atoms with Crippen LogP contribution in [0.25, 0.3) is 33.1 Å². The van der Waals surface area contributed by atoms with E-state index in [9.17, 15) is 130 Å². The van der Waals surface area contributed by atoms with Crippen LogP contribution in [0.4, 0.5) is 34.1 Å². The van der Waals surface area contributed by atoms with Gasteiger partial charge in [0.2, 0.25) is 47.3 Å². The van der Waals surface area contributed by atoms with Crippen LogP contribution in [0.3, 0.4) is 0 Å². The third kappa shape index (κ3) is 29.7. The van der Waals surface area contributed by atoms with Crippen LogP contribution in [-0.4, -0.2) is 197 Å². The molecule has 116 heavy (non-hydrogen) atoms. The van der Waals surface area contributed by atoms with Crippen molar-refractivity contribution >= 4 is 141 Å². The summed E-state index contributed by atoms with van der Waals surface area (Å²) in [7, 11) is 0. The number of amides is 10. The number of ether oxygens (including phenoxy) is 2. The molecular formula is C74H79F3N10O29. The minimum atomic E-state index is -5.08. The molecule has 39 nitrogen and oxygen atoms in total. The number of alkyl halides is 3. The fourth-order valence-corrected chi connectivity index (χ4v) is 10.7.